The molecule has 0 aliphatic rings. The molecule has 0 aliphatic heterocycles. The number of nitrogens with two attached hydrogens (primary N) is 2. The quantitative estimate of drug-likeness (QED) is 0.626. The Labute approximate surface area is 158 Å². The zero-order chi connectivity index (χ0) is 19.6. The SMILES string of the molecule is Cc1cc(Sc2ccc(F)cc2)ccc1-n1cc(NC(N)=O)c(C(N)=O)n1. The van der Waals surface area contributed by atoms with E-state index in [-0.39, 0.29) is 17.2 Å². The van der Waals surface area contributed by atoms with Gasteiger partial charge in [0.05, 0.1) is 17.6 Å². The van der Waals surface area contributed by atoms with Crippen LogP contribution in [0.1, 0.15) is 16.1 Å². The second-order valence-corrected chi connectivity index (χ2v) is 6.84. The fourth-order valence-electron chi connectivity index (χ4n) is 2.49. The Hall–Kier alpha value is -3.33. The number of aryl methyl sites for hydroxylation is 1. The Balaban J connectivity index is 1.90. The van der Waals surface area contributed by atoms with E-state index in [1.54, 1.807) is 12.1 Å². The summed E-state index contributed by atoms with van der Waals surface area (Å²) in [6, 6.07) is 11.1. The smallest absolute Gasteiger partial charge is 0.316 e. The van der Waals surface area contributed by atoms with Gasteiger partial charge in [0.25, 0.3) is 5.91 Å². The van der Waals surface area contributed by atoms with Crippen LogP contribution in [-0.2, 0) is 0 Å². The largest absolute Gasteiger partial charge is 0.364 e. The van der Waals surface area contributed by atoms with Crippen LogP contribution >= 0.6 is 11.8 Å². The van der Waals surface area contributed by atoms with E-state index in [0.29, 0.717) is 5.69 Å². The lowest BCUT2D eigenvalue weighted by Gasteiger charge is -2.08. The fraction of sp³-hybridized carbons (Fsp3) is 0.0556. The van der Waals surface area contributed by atoms with Crippen molar-refractivity contribution < 1.29 is 14.0 Å². The summed E-state index contributed by atoms with van der Waals surface area (Å²) in [5, 5.41) is 6.47. The molecule has 0 radical (unpaired) electrons. The van der Waals surface area contributed by atoms with Crippen LogP contribution in [-0.4, -0.2) is 21.7 Å². The topological polar surface area (TPSA) is 116 Å². The maximum atomic E-state index is 13.0. The number of carbonyl (C=O) groups is 2. The molecule has 9 heteroatoms. The first-order valence-electron chi connectivity index (χ1n) is 7.84. The molecule has 0 aliphatic carbocycles. The predicted octanol–water partition coefficient (Wildman–Crippen LogP) is 3.06. The second kappa shape index (κ2) is 7.50. The third-order valence-electron chi connectivity index (χ3n) is 3.67. The normalized spacial score (nSPS) is 10.6. The van der Waals surface area contributed by atoms with Gasteiger partial charge in [-0.1, -0.05) is 11.8 Å². The molecule has 0 bridgehead atoms. The summed E-state index contributed by atoms with van der Waals surface area (Å²) in [4.78, 5) is 24.5. The molecular weight excluding hydrogens is 369 g/mol. The molecule has 0 atom stereocenters. The molecule has 3 amide bonds. The van der Waals surface area contributed by atoms with Crippen LogP contribution in [0.5, 0.6) is 0 Å². The zero-order valence-electron chi connectivity index (χ0n) is 14.3. The number of nitrogens with one attached hydrogen (secondary N) is 1. The molecular formula is C18H16FN5O2S. The van der Waals surface area contributed by atoms with Crippen molar-refractivity contribution in [1.82, 2.24) is 9.78 Å². The van der Waals surface area contributed by atoms with Crippen LogP contribution in [0.25, 0.3) is 5.69 Å². The van der Waals surface area contributed by atoms with Crippen LogP contribution in [0.2, 0.25) is 0 Å². The highest BCUT2D eigenvalue weighted by molar-refractivity contribution is 7.99. The number of primary amides is 2. The van der Waals surface area contributed by atoms with Crippen LogP contribution < -0.4 is 16.8 Å². The summed E-state index contributed by atoms with van der Waals surface area (Å²) in [5.41, 5.74) is 12.1. The number of rotatable bonds is 5. The molecule has 3 rings (SSSR count). The minimum Gasteiger partial charge on any atom is -0.364 e. The lowest BCUT2D eigenvalue weighted by Crippen LogP contribution is -2.22. The Morgan fingerprint density at radius 2 is 1.78 bits per heavy atom. The number of hydrogen-bond acceptors (Lipinski definition) is 4. The monoisotopic (exact) mass is 385 g/mol. The molecule has 5 N–H and O–H groups in total. The molecule has 3 aromatic rings. The minimum atomic E-state index is -0.820. The number of nitrogens with zero attached hydrogens (tertiary/aromatic N) is 2. The maximum absolute atomic E-state index is 13.0. The number of benzene rings is 2. The summed E-state index contributed by atoms with van der Waals surface area (Å²) >= 11 is 1.49. The summed E-state index contributed by atoms with van der Waals surface area (Å²) < 4.78 is 14.5. The van der Waals surface area contributed by atoms with E-state index in [2.05, 4.69) is 10.4 Å². The number of hydrogen-bond donors (Lipinski definition) is 3. The van der Waals surface area contributed by atoms with Crippen molar-refractivity contribution in [2.75, 3.05) is 5.32 Å². The van der Waals surface area contributed by atoms with Crippen molar-refractivity contribution >= 4 is 29.4 Å². The van der Waals surface area contributed by atoms with Crippen molar-refractivity contribution in [3.8, 4) is 5.69 Å². The highest BCUT2D eigenvalue weighted by atomic mass is 32.2. The molecule has 2 aromatic carbocycles. The lowest BCUT2D eigenvalue weighted by molar-refractivity contribution is 0.0996. The Kier molecular flexibility index (Phi) is 5.13. The van der Waals surface area contributed by atoms with Crippen LogP contribution in [0.15, 0.2) is 58.5 Å². The van der Waals surface area contributed by atoms with E-state index in [1.807, 2.05) is 25.1 Å². The second-order valence-electron chi connectivity index (χ2n) is 5.69. The number of anilines is 1. The van der Waals surface area contributed by atoms with Crippen LogP contribution in [0.3, 0.4) is 0 Å². The van der Waals surface area contributed by atoms with Gasteiger partial charge in [0.15, 0.2) is 5.69 Å². The van der Waals surface area contributed by atoms with Gasteiger partial charge in [0, 0.05) is 9.79 Å². The molecule has 7 nitrogen and oxygen atoms in total. The van der Waals surface area contributed by atoms with E-state index in [4.69, 9.17) is 11.5 Å². The summed E-state index contributed by atoms with van der Waals surface area (Å²) in [5.74, 6) is -1.06. The van der Waals surface area contributed by atoms with E-state index in [0.717, 1.165) is 15.4 Å². The molecule has 1 heterocycles. The van der Waals surface area contributed by atoms with Crippen molar-refractivity contribution in [3.05, 3.63) is 65.7 Å². The van der Waals surface area contributed by atoms with E-state index in [1.165, 1.54) is 34.8 Å². The van der Waals surface area contributed by atoms with Crippen molar-refractivity contribution in [1.29, 1.82) is 0 Å². The van der Waals surface area contributed by atoms with E-state index in [9.17, 15) is 14.0 Å². The van der Waals surface area contributed by atoms with Gasteiger partial charge in [-0.3, -0.25) is 4.79 Å². The molecule has 0 fully saturated rings. The Morgan fingerprint density at radius 1 is 1.11 bits per heavy atom. The molecule has 138 valence electrons. The number of urea groups is 1. The standard InChI is InChI=1S/C18H16FN5O2S/c1-10-8-13(27-12-4-2-11(19)3-5-12)6-7-15(10)24-9-14(22-18(21)26)16(23-24)17(20)25/h2-9H,1H3,(H2,20,25)(H3,21,22,26). The summed E-state index contributed by atoms with van der Waals surface area (Å²) in [6.45, 7) is 1.89. The summed E-state index contributed by atoms with van der Waals surface area (Å²) in [6.07, 6.45) is 1.47. The van der Waals surface area contributed by atoms with Gasteiger partial charge in [-0.2, -0.15) is 5.10 Å². The first kappa shape index (κ1) is 18.5. The molecule has 0 spiro atoms. The van der Waals surface area contributed by atoms with Crippen LogP contribution in [0.4, 0.5) is 14.9 Å². The zero-order valence-corrected chi connectivity index (χ0v) is 15.1. The van der Waals surface area contributed by atoms with Gasteiger partial charge in [-0.15, -0.1) is 0 Å². The van der Waals surface area contributed by atoms with Gasteiger partial charge >= 0.3 is 6.03 Å². The Bertz CT molecular complexity index is 1020. The number of carbonyl (C=O) groups excluding carboxylic acids is 2. The van der Waals surface area contributed by atoms with E-state index >= 15 is 0 Å². The molecule has 1 aromatic heterocycles. The van der Waals surface area contributed by atoms with Gasteiger partial charge in [0.2, 0.25) is 0 Å². The van der Waals surface area contributed by atoms with Gasteiger partial charge in [-0.25, -0.2) is 13.9 Å². The first-order valence-corrected chi connectivity index (χ1v) is 8.65. The Morgan fingerprint density at radius 3 is 2.37 bits per heavy atom. The minimum absolute atomic E-state index is 0.0852. The van der Waals surface area contributed by atoms with Gasteiger partial charge in [0.1, 0.15) is 5.82 Å². The first-order chi connectivity index (χ1) is 12.8. The lowest BCUT2D eigenvalue weighted by atomic mass is 10.2. The highest BCUT2D eigenvalue weighted by Crippen LogP contribution is 2.30. The highest BCUT2D eigenvalue weighted by Gasteiger charge is 2.17. The number of amides is 3. The van der Waals surface area contributed by atoms with Crippen molar-refractivity contribution in [3.63, 3.8) is 0 Å². The van der Waals surface area contributed by atoms with Crippen molar-refractivity contribution in [2.45, 2.75) is 16.7 Å². The molecule has 0 unspecified atom stereocenters. The number of aromatic nitrogens is 2. The molecule has 0 saturated carbocycles. The molecule has 27 heavy (non-hydrogen) atoms. The predicted molar refractivity (Wildman–Crippen MR) is 101 cm³/mol. The third kappa shape index (κ3) is 4.26. The number of halogens is 1. The third-order valence-corrected chi connectivity index (χ3v) is 4.67. The van der Waals surface area contributed by atoms with Gasteiger partial charge in [-0.05, 0) is 55.0 Å². The van der Waals surface area contributed by atoms with E-state index < -0.39 is 11.9 Å². The molecule has 0 saturated heterocycles. The van der Waals surface area contributed by atoms with Crippen LogP contribution in [0, 0.1) is 12.7 Å². The van der Waals surface area contributed by atoms with Gasteiger partial charge < -0.3 is 16.8 Å². The van der Waals surface area contributed by atoms with Crippen molar-refractivity contribution in [2.24, 2.45) is 11.5 Å². The average molecular weight is 385 g/mol. The average Bonchev–Trinajstić information content (AvgIpc) is 3.00. The maximum Gasteiger partial charge on any atom is 0.316 e. The summed E-state index contributed by atoms with van der Waals surface area (Å²) in [7, 11) is 0. The fourth-order valence-corrected chi connectivity index (χ4v) is 3.41.